The number of ether oxygens (including phenoxy) is 3. The number of rotatable bonds is 4. The number of carbonyl (C=O) groups is 2. The third kappa shape index (κ3) is 2.13. The van der Waals surface area contributed by atoms with E-state index in [1.807, 2.05) is 0 Å². The van der Waals surface area contributed by atoms with Crippen molar-refractivity contribution in [3.8, 4) is 11.5 Å². The summed E-state index contributed by atoms with van der Waals surface area (Å²) in [6.07, 6.45) is 0. The summed E-state index contributed by atoms with van der Waals surface area (Å²) in [7, 11) is 3.95. The average molecular weight is 224 g/mol. The monoisotopic (exact) mass is 224 g/mol. The van der Waals surface area contributed by atoms with Gasteiger partial charge in [0.2, 0.25) is 0 Å². The fraction of sp³-hybridized carbons (Fsp3) is 0.273. The van der Waals surface area contributed by atoms with E-state index in [0.29, 0.717) is 0 Å². The van der Waals surface area contributed by atoms with E-state index in [1.54, 1.807) is 18.2 Å². The van der Waals surface area contributed by atoms with Crippen LogP contribution in [0.25, 0.3) is 0 Å². The van der Waals surface area contributed by atoms with E-state index in [9.17, 15) is 9.59 Å². The van der Waals surface area contributed by atoms with Gasteiger partial charge in [-0.15, -0.1) is 0 Å². The zero-order valence-corrected chi connectivity index (χ0v) is 9.27. The maximum atomic E-state index is 11.7. The Morgan fingerprint density at radius 1 is 1.00 bits per heavy atom. The van der Waals surface area contributed by atoms with E-state index in [-0.39, 0.29) is 17.1 Å². The first kappa shape index (κ1) is 12.0. The van der Waals surface area contributed by atoms with Crippen molar-refractivity contribution in [1.82, 2.24) is 0 Å². The molecular weight excluding hydrogens is 212 g/mol. The fourth-order valence-electron chi connectivity index (χ4n) is 1.27. The van der Waals surface area contributed by atoms with Gasteiger partial charge >= 0.3 is 5.97 Å². The lowest BCUT2D eigenvalue weighted by atomic mass is 10.1. The summed E-state index contributed by atoms with van der Waals surface area (Å²) in [5.41, 5.74) is 0.0688. The molecular formula is C11H12O5. The number of Topliss-reactive ketones (excluding diaryl/α,β-unsaturated/α-hetero) is 1. The molecule has 0 fully saturated rings. The first-order valence-corrected chi connectivity index (χ1v) is 4.49. The van der Waals surface area contributed by atoms with Gasteiger partial charge < -0.3 is 14.2 Å². The molecule has 0 unspecified atom stereocenters. The van der Waals surface area contributed by atoms with Crippen molar-refractivity contribution in [3.05, 3.63) is 23.8 Å². The molecule has 86 valence electrons. The third-order valence-electron chi connectivity index (χ3n) is 2.03. The smallest absolute Gasteiger partial charge is 0.379 e. The fourth-order valence-corrected chi connectivity index (χ4v) is 1.27. The van der Waals surface area contributed by atoms with Crippen LogP contribution in [-0.4, -0.2) is 33.1 Å². The lowest BCUT2D eigenvalue weighted by Gasteiger charge is -2.10. The SMILES string of the molecule is COC(=O)C(=O)c1c(OC)cccc1OC. The molecule has 0 saturated heterocycles. The van der Waals surface area contributed by atoms with Gasteiger partial charge in [0.15, 0.2) is 0 Å². The van der Waals surface area contributed by atoms with E-state index in [0.717, 1.165) is 7.11 Å². The summed E-state index contributed by atoms with van der Waals surface area (Å²) in [4.78, 5) is 22.9. The van der Waals surface area contributed by atoms with Crippen molar-refractivity contribution in [3.63, 3.8) is 0 Å². The van der Waals surface area contributed by atoms with Crippen molar-refractivity contribution in [2.75, 3.05) is 21.3 Å². The van der Waals surface area contributed by atoms with Gasteiger partial charge in [-0.05, 0) is 12.1 Å². The molecule has 0 amide bonds. The second kappa shape index (κ2) is 5.16. The van der Waals surface area contributed by atoms with Gasteiger partial charge in [-0.3, -0.25) is 4.79 Å². The highest BCUT2D eigenvalue weighted by atomic mass is 16.5. The molecule has 0 radical (unpaired) electrons. The van der Waals surface area contributed by atoms with Crippen LogP contribution in [0.2, 0.25) is 0 Å². The molecule has 5 heteroatoms. The summed E-state index contributed by atoms with van der Waals surface area (Å²) < 4.78 is 14.4. The molecule has 0 heterocycles. The number of benzene rings is 1. The van der Waals surface area contributed by atoms with Crippen LogP contribution in [0, 0.1) is 0 Å². The Kier molecular flexibility index (Phi) is 3.88. The summed E-state index contributed by atoms with van der Waals surface area (Å²) in [5, 5.41) is 0. The van der Waals surface area contributed by atoms with E-state index in [1.165, 1.54) is 14.2 Å². The molecule has 0 bridgehead atoms. The number of carbonyl (C=O) groups excluding carboxylic acids is 2. The van der Waals surface area contributed by atoms with Crippen molar-refractivity contribution in [1.29, 1.82) is 0 Å². The second-order valence-electron chi connectivity index (χ2n) is 2.86. The molecule has 0 N–H and O–H groups in total. The minimum absolute atomic E-state index is 0.0688. The van der Waals surface area contributed by atoms with Crippen LogP contribution in [0.4, 0.5) is 0 Å². The van der Waals surface area contributed by atoms with Crippen LogP contribution in [-0.2, 0) is 9.53 Å². The average Bonchev–Trinajstić information content (AvgIpc) is 2.35. The van der Waals surface area contributed by atoms with E-state index < -0.39 is 11.8 Å². The Hall–Kier alpha value is -2.04. The lowest BCUT2D eigenvalue weighted by molar-refractivity contribution is -0.135. The highest BCUT2D eigenvalue weighted by Crippen LogP contribution is 2.28. The standard InChI is InChI=1S/C11H12O5/c1-14-7-5-4-6-8(15-2)9(7)10(12)11(13)16-3/h4-6H,1-3H3. The zero-order chi connectivity index (χ0) is 12.1. The second-order valence-corrected chi connectivity index (χ2v) is 2.86. The number of methoxy groups -OCH3 is 3. The van der Waals surface area contributed by atoms with Gasteiger partial charge in [0.25, 0.3) is 5.78 Å². The lowest BCUT2D eigenvalue weighted by Crippen LogP contribution is -2.17. The molecule has 0 aliphatic carbocycles. The number of hydrogen-bond donors (Lipinski definition) is 0. The van der Waals surface area contributed by atoms with E-state index in [2.05, 4.69) is 4.74 Å². The maximum Gasteiger partial charge on any atom is 0.379 e. The van der Waals surface area contributed by atoms with E-state index in [4.69, 9.17) is 9.47 Å². The highest BCUT2D eigenvalue weighted by Gasteiger charge is 2.25. The molecule has 5 nitrogen and oxygen atoms in total. The summed E-state index contributed by atoms with van der Waals surface area (Å²) >= 11 is 0. The van der Waals surface area contributed by atoms with Gasteiger partial charge in [0, 0.05) is 0 Å². The normalized spacial score (nSPS) is 9.44. The number of esters is 1. The molecule has 0 aliphatic heterocycles. The minimum atomic E-state index is -0.956. The van der Waals surface area contributed by atoms with Crippen molar-refractivity contribution < 1.29 is 23.8 Å². The van der Waals surface area contributed by atoms with Crippen LogP contribution in [0.1, 0.15) is 10.4 Å². The molecule has 0 atom stereocenters. The van der Waals surface area contributed by atoms with Crippen LogP contribution in [0.5, 0.6) is 11.5 Å². The summed E-state index contributed by atoms with van der Waals surface area (Å²) in [6, 6.07) is 4.79. The molecule has 0 saturated carbocycles. The summed E-state index contributed by atoms with van der Waals surface area (Å²) in [6.45, 7) is 0. The number of ketones is 1. The van der Waals surface area contributed by atoms with Crippen LogP contribution in [0.3, 0.4) is 0 Å². The molecule has 0 spiro atoms. The third-order valence-corrected chi connectivity index (χ3v) is 2.03. The van der Waals surface area contributed by atoms with E-state index >= 15 is 0 Å². The Bertz CT molecular complexity index is 389. The van der Waals surface area contributed by atoms with Crippen molar-refractivity contribution in [2.24, 2.45) is 0 Å². The molecule has 0 aliphatic rings. The molecule has 1 rings (SSSR count). The first-order chi connectivity index (χ1) is 7.65. The maximum absolute atomic E-state index is 11.7. The molecule has 1 aromatic carbocycles. The predicted octanol–water partition coefficient (Wildman–Crippen LogP) is 1.06. The Morgan fingerprint density at radius 3 is 1.88 bits per heavy atom. The zero-order valence-electron chi connectivity index (χ0n) is 9.27. The van der Waals surface area contributed by atoms with Crippen LogP contribution >= 0.6 is 0 Å². The minimum Gasteiger partial charge on any atom is -0.496 e. The van der Waals surface area contributed by atoms with Crippen LogP contribution in [0.15, 0.2) is 18.2 Å². The van der Waals surface area contributed by atoms with Gasteiger partial charge in [-0.1, -0.05) is 6.07 Å². The van der Waals surface area contributed by atoms with Crippen molar-refractivity contribution >= 4 is 11.8 Å². The largest absolute Gasteiger partial charge is 0.496 e. The highest BCUT2D eigenvalue weighted by molar-refractivity contribution is 6.42. The molecule has 0 aromatic heterocycles. The summed E-state index contributed by atoms with van der Waals surface area (Å²) in [5.74, 6) is -1.20. The van der Waals surface area contributed by atoms with Gasteiger partial charge in [-0.25, -0.2) is 4.79 Å². The predicted molar refractivity (Wildman–Crippen MR) is 55.9 cm³/mol. The Morgan fingerprint density at radius 2 is 1.50 bits per heavy atom. The van der Waals surface area contributed by atoms with Gasteiger partial charge in [-0.2, -0.15) is 0 Å². The Labute approximate surface area is 92.9 Å². The van der Waals surface area contributed by atoms with Crippen molar-refractivity contribution in [2.45, 2.75) is 0 Å². The number of hydrogen-bond acceptors (Lipinski definition) is 5. The molecule has 16 heavy (non-hydrogen) atoms. The van der Waals surface area contributed by atoms with Gasteiger partial charge in [0.1, 0.15) is 17.1 Å². The Balaban J connectivity index is 3.28. The molecule has 1 aromatic rings. The van der Waals surface area contributed by atoms with Gasteiger partial charge in [0.05, 0.1) is 21.3 Å². The topological polar surface area (TPSA) is 61.8 Å². The first-order valence-electron chi connectivity index (χ1n) is 4.49. The van der Waals surface area contributed by atoms with Crippen LogP contribution < -0.4 is 9.47 Å². The quantitative estimate of drug-likeness (QED) is 0.434.